The van der Waals surface area contributed by atoms with Gasteiger partial charge in [0.15, 0.2) is 6.10 Å². The number of carboxylic acids is 1. The van der Waals surface area contributed by atoms with Crippen molar-refractivity contribution >= 4 is 5.97 Å². The molecule has 0 bridgehead atoms. The molecule has 0 aliphatic heterocycles. The second-order valence-corrected chi connectivity index (χ2v) is 3.52. The first-order valence-electron chi connectivity index (χ1n) is 5.13. The molecule has 1 aromatic rings. The molecule has 0 radical (unpaired) electrons. The van der Waals surface area contributed by atoms with Crippen LogP contribution >= 0.6 is 0 Å². The van der Waals surface area contributed by atoms with Crippen LogP contribution in [-0.2, 0) is 9.53 Å². The van der Waals surface area contributed by atoms with Gasteiger partial charge >= 0.3 is 5.97 Å². The number of hydrogen-bond acceptors (Lipinski definition) is 3. The van der Waals surface area contributed by atoms with Crippen molar-refractivity contribution in [2.75, 3.05) is 13.2 Å². The number of benzene rings is 1. The quantitative estimate of drug-likeness (QED) is 0.749. The van der Waals surface area contributed by atoms with Gasteiger partial charge in [0.25, 0.3) is 0 Å². The van der Waals surface area contributed by atoms with Crippen LogP contribution in [0.2, 0.25) is 0 Å². The van der Waals surface area contributed by atoms with Gasteiger partial charge in [-0.15, -0.1) is 0 Å². The van der Waals surface area contributed by atoms with E-state index in [1.807, 2.05) is 31.2 Å². The Bertz CT molecular complexity index is 349. The summed E-state index contributed by atoms with van der Waals surface area (Å²) in [6.45, 7) is 4.09. The topological polar surface area (TPSA) is 55.8 Å². The van der Waals surface area contributed by atoms with E-state index in [0.29, 0.717) is 6.61 Å². The lowest BCUT2D eigenvalue weighted by Crippen LogP contribution is -2.22. The molecule has 0 aliphatic rings. The van der Waals surface area contributed by atoms with Crippen molar-refractivity contribution in [1.82, 2.24) is 0 Å². The fourth-order valence-corrected chi connectivity index (χ4v) is 1.16. The van der Waals surface area contributed by atoms with Crippen molar-refractivity contribution in [1.29, 1.82) is 0 Å². The molecule has 4 nitrogen and oxygen atoms in total. The summed E-state index contributed by atoms with van der Waals surface area (Å²) < 4.78 is 10.4. The summed E-state index contributed by atoms with van der Waals surface area (Å²) in [5.41, 5.74) is 1.12. The largest absolute Gasteiger partial charge is 0.491 e. The van der Waals surface area contributed by atoms with Crippen LogP contribution < -0.4 is 4.74 Å². The summed E-state index contributed by atoms with van der Waals surface area (Å²) in [5, 5.41) is 8.57. The van der Waals surface area contributed by atoms with Gasteiger partial charge in [-0.05, 0) is 31.5 Å². The van der Waals surface area contributed by atoms with Crippen molar-refractivity contribution in [2.24, 2.45) is 0 Å². The zero-order chi connectivity index (χ0) is 12.0. The van der Waals surface area contributed by atoms with E-state index < -0.39 is 12.1 Å². The first kappa shape index (κ1) is 12.5. The number of carboxylic acid groups (broad SMARTS) is 1. The van der Waals surface area contributed by atoms with Crippen LogP contribution in [0.3, 0.4) is 0 Å². The first-order chi connectivity index (χ1) is 7.59. The van der Waals surface area contributed by atoms with Gasteiger partial charge in [0, 0.05) is 0 Å². The Hall–Kier alpha value is -1.55. The zero-order valence-electron chi connectivity index (χ0n) is 9.47. The molecule has 0 saturated carbocycles. The molecule has 1 N–H and O–H groups in total. The highest BCUT2D eigenvalue weighted by molar-refractivity contribution is 5.71. The lowest BCUT2D eigenvalue weighted by atomic mass is 10.2. The number of rotatable bonds is 6. The minimum atomic E-state index is -0.962. The summed E-state index contributed by atoms with van der Waals surface area (Å²) >= 11 is 0. The molecule has 16 heavy (non-hydrogen) atoms. The van der Waals surface area contributed by atoms with Crippen LogP contribution in [0.4, 0.5) is 0 Å². The molecule has 0 unspecified atom stereocenters. The Labute approximate surface area is 94.8 Å². The van der Waals surface area contributed by atoms with Crippen LogP contribution in [0, 0.1) is 6.92 Å². The Morgan fingerprint density at radius 2 is 2.19 bits per heavy atom. The Morgan fingerprint density at radius 3 is 2.81 bits per heavy atom. The van der Waals surface area contributed by atoms with E-state index in [4.69, 9.17) is 14.6 Å². The van der Waals surface area contributed by atoms with Gasteiger partial charge < -0.3 is 14.6 Å². The molecule has 1 rings (SSSR count). The summed E-state index contributed by atoms with van der Waals surface area (Å²) in [5.74, 6) is -0.192. The number of ether oxygens (including phenoxy) is 2. The van der Waals surface area contributed by atoms with E-state index >= 15 is 0 Å². The number of carbonyl (C=O) groups is 1. The SMILES string of the molecule is Cc1cccc(OCCO[C@H](C)C(=O)O)c1. The maximum atomic E-state index is 10.4. The third-order valence-electron chi connectivity index (χ3n) is 2.06. The lowest BCUT2D eigenvalue weighted by molar-refractivity contribution is -0.149. The third-order valence-corrected chi connectivity index (χ3v) is 2.06. The zero-order valence-corrected chi connectivity index (χ0v) is 9.47. The molecule has 0 saturated heterocycles. The highest BCUT2D eigenvalue weighted by Crippen LogP contribution is 2.11. The van der Waals surface area contributed by atoms with Gasteiger partial charge in [-0.25, -0.2) is 4.79 Å². The second kappa shape index (κ2) is 6.12. The third kappa shape index (κ3) is 4.31. The van der Waals surface area contributed by atoms with Gasteiger partial charge in [-0.1, -0.05) is 12.1 Å². The smallest absolute Gasteiger partial charge is 0.332 e. The second-order valence-electron chi connectivity index (χ2n) is 3.52. The molecule has 0 spiro atoms. The van der Waals surface area contributed by atoms with Crippen molar-refractivity contribution in [3.8, 4) is 5.75 Å². The van der Waals surface area contributed by atoms with Crippen molar-refractivity contribution < 1.29 is 19.4 Å². The highest BCUT2D eigenvalue weighted by Gasteiger charge is 2.09. The van der Waals surface area contributed by atoms with Crippen LogP contribution in [0.5, 0.6) is 5.75 Å². The van der Waals surface area contributed by atoms with E-state index in [9.17, 15) is 4.79 Å². The first-order valence-corrected chi connectivity index (χ1v) is 5.13. The summed E-state index contributed by atoms with van der Waals surface area (Å²) in [7, 11) is 0. The van der Waals surface area contributed by atoms with E-state index in [1.165, 1.54) is 6.92 Å². The lowest BCUT2D eigenvalue weighted by Gasteiger charge is -2.09. The minimum Gasteiger partial charge on any atom is -0.491 e. The molecule has 0 heterocycles. The average Bonchev–Trinajstić information content (AvgIpc) is 2.24. The maximum absolute atomic E-state index is 10.4. The van der Waals surface area contributed by atoms with E-state index in [2.05, 4.69) is 0 Å². The standard InChI is InChI=1S/C12H16O4/c1-9-4-3-5-11(8-9)16-7-6-15-10(2)12(13)14/h3-5,8,10H,6-7H2,1-2H3,(H,13,14)/t10-/m1/s1. The highest BCUT2D eigenvalue weighted by atomic mass is 16.5. The Balaban J connectivity index is 2.23. The fraction of sp³-hybridized carbons (Fsp3) is 0.417. The number of aliphatic carboxylic acids is 1. The molecule has 4 heteroatoms. The maximum Gasteiger partial charge on any atom is 0.332 e. The summed E-state index contributed by atoms with van der Waals surface area (Å²) in [6, 6.07) is 7.66. The summed E-state index contributed by atoms with van der Waals surface area (Å²) in [4.78, 5) is 10.4. The van der Waals surface area contributed by atoms with Crippen molar-refractivity contribution in [2.45, 2.75) is 20.0 Å². The Kier molecular flexibility index (Phi) is 4.79. The normalized spacial score (nSPS) is 12.1. The van der Waals surface area contributed by atoms with Crippen LogP contribution in [0.15, 0.2) is 24.3 Å². The Morgan fingerprint density at radius 1 is 1.44 bits per heavy atom. The predicted molar refractivity (Wildman–Crippen MR) is 59.7 cm³/mol. The molecule has 1 aromatic carbocycles. The van der Waals surface area contributed by atoms with E-state index in [0.717, 1.165) is 11.3 Å². The van der Waals surface area contributed by atoms with E-state index in [1.54, 1.807) is 0 Å². The molecular formula is C12H16O4. The number of aryl methyl sites for hydroxylation is 1. The minimum absolute atomic E-state index is 0.265. The van der Waals surface area contributed by atoms with Crippen LogP contribution in [0.1, 0.15) is 12.5 Å². The summed E-state index contributed by atoms with van der Waals surface area (Å²) in [6.07, 6.45) is -0.791. The molecule has 0 fully saturated rings. The molecule has 1 atom stereocenters. The van der Waals surface area contributed by atoms with Crippen LogP contribution in [0.25, 0.3) is 0 Å². The predicted octanol–water partition coefficient (Wildman–Crippen LogP) is 1.86. The number of hydrogen-bond donors (Lipinski definition) is 1. The van der Waals surface area contributed by atoms with E-state index in [-0.39, 0.29) is 6.61 Å². The molecule has 0 amide bonds. The average molecular weight is 224 g/mol. The molecular weight excluding hydrogens is 208 g/mol. The van der Waals surface area contributed by atoms with Gasteiger partial charge in [-0.3, -0.25) is 0 Å². The molecule has 0 aliphatic carbocycles. The monoisotopic (exact) mass is 224 g/mol. The van der Waals surface area contributed by atoms with Crippen molar-refractivity contribution in [3.05, 3.63) is 29.8 Å². The van der Waals surface area contributed by atoms with Gasteiger partial charge in [-0.2, -0.15) is 0 Å². The van der Waals surface area contributed by atoms with Gasteiger partial charge in [0.05, 0.1) is 6.61 Å². The van der Waals surface area contributed by atoms with Gasteiger partial charge in [0.2, 0.25) is 0 Å². The fourth-order valence-electron chi connectivity index (χ4n) is 1.16. The van der Waals surface area contributed by atoms with Crippen LogP contribution in [-0.4, -0.2) is 30.4 Å². The van der Waals surface area contributed by atoms with Crippen molar-refractivity contribution in [3.63, 3.8) is 0 Å². The molecule has 0 aromatic heterocycles. The van der Waals surface area contributed by atoms with Gasteiger partial charge in [0.1, 0.15) is 12.4 Å². The molecule has 88 valence electrons.